The quantitative estimate of drug-likeness (QED) is 0.821. The van der Waals surface area contributed by atoms with Crippen LogP contribution in [0.4, 0.5) is 8.78 Å². The Morgan fingerprint density at radius 3 is 2.75 bits per heavy atom. The molecule has 0 radical (unpaired) electrons. The highest BCUT2D eigenvalue weighted by Gasteiger charge is 2.16. The van der Waals surface area contributed by atoms with Gasteiger partial charge in [-0.05, 0) is 31.0 Å². The van der Waals surface area contributed by atoms with E-state index in [0.717, 1.165) is 44.6 Å². The number of aromatic nitrogens is 1. The zero-order valence-electron chi connectivity index (χ0n) is 13.3. The maximum Gasteiger partial charge on any atom is 0.163 e. The van der Waals surface area contributed by atoms with Crippen molar-refractivity contribution < 1.29 is 23.1 Å². The number of benzene rings is 1. The lowest BCUT2D eigenvalue weighted by Crippen LogP contribution is -2.37. The summed E-state index contributed by atoms with van der Waals surface area (Å²) in [5.74, 6) is -1.28. The highest BCUT2D eigenvalue weighted by Crippen LogP contribution is 2.21. The first kappa shape index (κ1) is 17.0. The average Bonchev–Trinajstić information content (AvgIpc) is 3.05. The molecule has 0 aliphatic carbocycles. The van der Waals surface area contributed by atoms with Crippen molar-refractivity contribution in [3.8, 4) is 11.3 Å². The first-order chi connectivity index (χ1) is 11.6. The van der Waals surface area contributed by atoms with E-state index in [0.29, 0.717) is 23.6 Å². The summed E-state index contributed by atoms with van der Waals surface area (Å²) in [6.45, 7) is 3.39. The van der Waals surface area contributed by atoms with Gasteiger partial charge in [-0.25, -0.2) is 8.78 Å². The van der Waals surface area contributed by atoms with E-state index < -0.39 is 11.6 Å². The van der Waals surface area contributed by atoms with Crippen LogP contribution in [0.1, 0.15) is 18.6 Å². The van der Waals surface area contributed by atoms with Crippen LogP contribution >= 0.6 is 0 Å². The molecule has 0 spiro atoms. The van der Waals surface area contributed by atoms with Crippen LogP contribution in [0, 0.1) is 11.6 Å². The normalized spacial score (nSPS) is 16.6. The molecule has 0 bridgehead atoms. The number of likely N-dealkylation sites (tertiary alicyclic amines) is 1. The Bertz CT molecular complexity index is 670. The summed E-state index contributed by atoms with van der Waals surface area (Å²) >= 11 is 0. The van der Waals surface area contributed by atoms with Crippen molar-refractivity contribution >= 4 is 0 Å². The molecule has 1 saturated heterocycles. The number of hydrogen-bond donors (Lipinski definition) is 1. The molecule has 3 rings (SSSR count). The minimum atomic E-state index is -0.917. The Kier molecular flexibility index (Phi) is 5.55. The van der Waals surface area contributed by atoms with Crippen LogP contribution in [0.5, 0.6) is 0 Å². The Hall–Kier alpha value is -1.83. The van der Waals surface area contributed by atoms with E-state index in [1.165, 1.54) is 6.07 Å². The number of nitrogens with zero attached hydrogens (tertiary/aromatic N) is 2. The lowest BCUT2D eigenvalue weighted by molar-refractivity contribution is 0.0461. The molecule has 24 heavy (non-hydrogen) atoms. The third kappa shape index (κ3) is 4.37. The van der Waals surface area contributed by atoms with Crippen LogP contribution in [0.25, 0.3) is 11.3 Å². The molecule has 1 N–H and O–H groups in total. The van der Waals surface area contributed by atoms with Gasteiger partial charge in [0.2, 0.25) is 0 Å². The zero-order chi connectivity index (χ0) is 16.9. The van der Waals surface area contributed by atoms with E-state index >= 15 is 0 Å². The minimum Gasteiger partial charge on any atom is -0.393 e. The predicted octanol–water partition coefficient (Wildman–Crippen LogP) is 2.59. The van der Waals surface area contributed by atoms with Gasteiger partial charge in [-0.15, -0.1) is 0 Å². The maximum absolute atomic E-state index is 13.2. The summed E-state index contributed by atoms with van der Waals surface area (Å²) in [6, 6.07) is 5.25. The minimum absolute atomic E-state index is 0.175. The van der Waals surface area contributed by atoms with Gasteiger partial charge in [0.15, 0.2) is 17.4 Å². The van der Waals surface area contributed by atoms with Crippen LogP contribution in [-0.4, -0.2) is 47.5 Å². The van der Waals surface area contributed by atoms with Gasteiger partial charge in [0.05, 0.1) is 12.7 Å². The Labute approximate surface area is 138 Å². The molecule has 1 aromatic carbocycles. The smallest absolute Gasteiger partial charge is 0.163 e. The van der Waals surface area contributed by atoms with E-state index in [9.17, 15) is 13.9 Å². The predicted molar refractivity (Wildman–Crippen MR) is 83.2 cm³/mol. The van der Waals surface area contributed by atoms with Crippen LogP contribution in [0.2, 0.25) is 0 Å². The van der Waals surface area contributed by atoms with E-state index in [1.807, 2.05) is 0 Å². The topological polar surface area (TPSA) is 58.7 Å². The Balaban J connectivity index is 1.45. The fourth-order valence-corrected chi connectivity index (χ4v) is 2.68. The van der Waals surface area contributed by atoms with Crippen LogP contribution < -0.4 is 0 Å². The molecule has 0 atom stereocenters. The summed E-state index contributed by atoms with van der Waals surface area (Å²) in [6.07, 6.45) is 1.44. The molecule has 2 aromatic rings. The van der Waals surface area contributed by atoms with Gasteiger partial charge in [0.1, 0.15) is 12.3 Å². The van der Waals surface area contributed by atoms with Crippen molar-refractivity contribution in [2.45, 2.75) is 25.6 Å². The SMILES string of the molecule is OC1CCN(CCOCc2cc(-c3ccc(F)c(F)c3)no2)CC1. The summed E-state index contributed by atoms with van der Waals surface area (Å²) in [4.78, 5) is 2.25. The van der Waals surface area contributed by atoms with Gasteiger partial charge in [-0.2, -0.15) is 0 Å². The highest BCUT2D eigenvalue weighted by atomic mass is 19.2. The van der Waals surface area contributed by atoms with Gasteiger partial charge in [0, 0.05) is 31.3 Å². The maximum atomic E-state index is 13.2. The van der Waals surface area contributed by atoms with Crippen molar-refractivity contribution in [1.82, 2.24) is 10.1 Å². The first-order valence-electron chi connectivity index (χ1n) is 8.01. The molecule has 2 heterocycles. The van der Waals surface area contributed by atoms with Crippen LogP contribution in [0.15, 0.2) is 28.8 Å². The van der Waals surface area contributed by atoms with Crippen molar-refractivity contribution in [2.24, 2.45) is 0 Å². The number of aliphatic hydroxyl groups is 1. The number of ether oxygens (including phenoxy) is 1. The van der Waals surface area contributed by atoms with Gasteiger partial charge >= 0.3 is 0 Å². The third-order valence-corrected chi connectivity index (χ3v) is 4.13. The second kappa shape index (κ2) is 7.83. The summed E-state index contributed by atoms with van der Waals surface area (Å²) < 4.78 is 36.9. The first-order valence-corrected chi connectivity index (χ1v) is 8.01. The van der Waals surface area contributed by atoms with E-state index in [2.05, 4.69) is 10.1 Å². The molecule has 5 nitrogen and oxygen atoms in total. The Morgan fingerprint density at radius 2 is 2.00 bits per heavy atom. The fraction of sp³-hybridized carbons (Fsp3) is 0.471. The number of piperidine rings is 1. The molecule has 1 aliphatic heterocycles. The molecule has 7 heteroatoms. The highest BCUT2D eigenvalue weighted by molar-refractivity contribution is 5.58. The molecule has 1 aliphatic rings. The summed E-state index contributed by atoms with van der Waals surface area (Å²) in [5.41, 5.74) is 0.897. The average molecular weight is 338 g/mol. The van der Waals surface area contributed by atoms with E-state index in [1.54, 1.807) is 6.07 Å². The zero-order valence-corrected chi connectivity index (χ0v) is 13.3. The number of halogens is 2. The molecule has 0 unspecified atom stereocenters. The standard InChI is InChI=1S/C17H20F2N2O3/c18-15-2-1-12(9-16(15)19)17-10-14(24-20-17)11-23-8-7-21-5-3-13(22)4-6-21/h1-2,9-10,13,22H,3-8,11H2. The lowest BCUT2D eigenvalue weighted by Gasteiger charge is -2.29. The molecule has 1 aromatic heterocycles. The Morgan fingerprint density at radius 1 is 1.21 bits per heavy atom. The number of rotatable bonds is 6. The van der Waals surface area contributed by atoms with Crippen molar-refractivity contribution in [3.63, 3.8) is 0 Å². The van der Waals surface area contributed by atoms with Crippen molar-refractivity contribution in [2.75, 3.05) is 26.2 Å². The fourth-order valence-electron chi connectivity index (χ4n) is 2.68. The van der Waals surface area contributed by atoms with Gasteiger partial charge in [0.25, 0.3) is 0 Å². The third-order valence-electron chi connectivity index (χ3n) is 4.13. The van der Waals surface area contributed by atoms with Crippen molar-refractivity contribution in [3.05, 3.63) is 41.7 Å². The van der Waals surface area contributed by atoms with Crippen LogP contribution in [-0.2, 0) is 11.3 Å². The number of hydrogen-bond acceptors (Lipinski definition) is 5. The second-order valence-corrected chi connectivity index (χ2v) is 5.93. The van der Waals surface area contributed by atoms with Crippen LogP contribution in [0.3, 0.4) is 0 Å². The molecular formula is C17H20F2N2O3. The molecule has 130 valence electrons. The largest absolute Gasteiger partial charge is 0.393 e. The summed E-state index contributed by atoms with van der Waals surface area (Å²) in [5, 5.41) is 13.3. The molecule has 1 fully saturated rings. The monoisotopic (exact) mass is 338 g/mol. The van der Waals surface area contributed by atoms with Crippen molar-refractivity contribution in [1.29, 1.82) is 0 Å². The lowest BCUT2D eigenvalue weighted by atomic mass is 10.1. The van der Waals surface area contributed by atoms with Gasteiger partial charge < -0.3 is 19.3 Å². The van der Waals surface area contributed by atoms with Gasteiger partial charge in [-0.3, -0.25) is 0 Å². The van der Waals surface area contributed by atoms with Gasteiger partial charge in [-0.1, -0.05) is 5.16 Å². The summed E-state index contributed by atoms with van der Waals surface area (Å²) in [7, 11) is 0. The molecule has 0 amide bonds. The van der Waals surface area contributed by atoms with E-state index in [-0.39, 0.29) is 12.7 Å². The second-order valence-electron chi connectivity index (χ2n) is 5.93. The number of aliphatic hydroxyl groups excluding tert-OH is 1. The molecule has 0 saturated carbocycles. The molecular weight excluding hydrogens is 318 g/mol. The van der Waals surface area contributed by atoms with E-state index in [4.69, 9.17) is 9.26 Å².